The molecule has 0 fully saturated rings. The maximum absolute atomic E-state index is 13.5. The van der Waals surface area contributed by atoms with Crippen molar-refractivity contribution in [3.8, 4) is 5.75 Å². The molecule has 0 aliphatic carbocycles. The van der Waals surface area contributed by atoms with Crippen LogP contribution >= 0.6 is 0 Å². The quantitative estimate of drug-likeness (QED) is 0.788. The Labute approximate surface area is 170 Å². The highest BCUT2D eigenvalue weighted by atomic mass is 19.4. The van der Waals surface area contributed by atoms with Gasteiger partial charge in [-0.15, -0.1) is 0 Å². The van der Waals surface area contributed by atoms with E-state index >= 15 is 0 Å². The predicted octanol–water partition coefficient (Wildman–Crippen LogP) is 4.51. The third-order valence-corrected chi connectivity index (χ3v) is 5.21. The summed E-state index contributed by atoms with van der Waals surface area (Å²) >= 11 is 0. The number of rotatable bonds is 5. The number of hydrogen-bond acceptors (Lipinski definition) is 4. The van der Waals surface area contributed by atoms with E-state index in [1.165, 1.54) is 14.0 Å². The number of hydrogen-bond donors (Lipinski definition) is 1. The molecule has 0 amide bonds. The van der Waals surface area contributed by atoms with E-state index in [9.17, 15) is 18.3 Å². The Hall–Kier alpha value is -2.12. The van der Waals surface area contributed by atoms with E-state index in [-0.39, 0.29) is 16.8 Å². The Morgan fingerprint density at radius 1 is 1.03 bits per heavy atom. The van der Waals surface area contributed by atoms with Crippen LogP contribution in [0.5, 0.6) is 5.75 Å². The van der Waals surface area contributed by atoms with Crippen LogP contribution in [-0.4, -0.2) is 42.8 Å². The average molecular weight is 410 g/mol. The Bertz CT molecular complexity index is 873. The Morgan fingerprint density at radius 3 is 2.10 bits per heavy atom. The van der Waals surface area contributed by atoms with Crippen LogP contribution in [0.1, 0.15) is 48.8 Å². The number of pyridine rings is 1. The van der Waals surface area contributed by atoms with Crippen LogP contribution in [0.25, 0.3) is 0 Å². The molecule has 0 aliphatic rings. The normalized spacial score (nSPS) is 14.8. The van der Waals surface area contributed by atoms with Gasteiger partial charge >= 0.3 is 6.18 Å². The summed E-state index contributed by atoms with van der Waals surface area (Å²) in [5.41, 5.74) is -0.458. The van der Waals surface area contributed by atoms with Gasteiger partial charge in [0.05, 0.1) is 25.0 Å². The van der Waals surface area contributed by atoms with Crippen molar-refractivity contribution in [3.05, 3.63) is 58.4 Å². The highest BCUT2D eigenvalue weighted by Gasteiger charge is 2.43. The van der Waals surface area contributed by atoms with E-state index in [2.05, 4.69) is 4.98 Å². The molecule has 2 aromatic rings. The number of aryl methyl sites for hydroxylation is 1. The van der Waals surface area contributed by atoms with E-state index in [0.29, 0.717) is 11.3 Å². The summed E-state index contributed by atoms with van der Waals surface area (Å²) in [4.78, 5) is 6.08. The summed E-state index contributed by atoms with van der Waals surface area (Å²) in [6, 6.07) is 7.60. The second kappa shape index (κ2) is 7.95. The molecule has 0 bridgehead atoms. The largest absolute Gasteiger partial charge is 0.496 e. The third-order valence-electron chi connectivity index (χ3n) is 5.21. The number of aliphatic hydroxyl groups is 1. The first-order chi connectivity index (χ1) is 13.3. The lowest BCUT2D eigenvalue weighted by molar-refractivity contribution is -0.137. The van der Waals surface area contributed by atoms with Crippen LogP contribution < -0.4 is 4.74 Å². The van der Waals surface area contributed by atoms with Gasteiger partial charge in [-0.25, -0.2) is 0 Å². The van der Waals surface area contributed by atoms with Gasteiger partial charge in [0.1, 0.15) is 11.3 Å². The van der Waals surface area contributed by atoms with Crippen molar-refractivity contribution in [2.75, 3.05) is 27.8 Å². The molecule has 7 heteroatoms. The van der Waals surface area contributed by atoms with Crippen LogP contribution in [-0.2, 0) is 17.1 Å². The number of ether oxygens (including phenoxy) is 1. The van der Waals surface area contributed by atoms with Crippen LogP contribution in [0.15, 0.2) is 30.3 Å². The first-order valence-corrected chi connectivity index (χ1v) is 9.31. The van der Waals surface area contributed by atoms with Crippen molar-refractivity contribution in [1.29, 1.82) is 0 Å². The number of benzene rings is 1. The van der Waals surface area contributed by atoms with Crippen molar-refractivity contribution in [1.82, 2.24) is 9.88 Å². The Kier molecular flexibility index (Phi) is 6.35. The molecule has 1 heterocycles. The summed E-state index contributed by atoms with van der Waals surface area (Å²) in [6.45, 7) is 7.17. The zero-order valence-electron chi connectivity index (χ0n) is 18.0. The van der Waals surface area contributed by atoms with E-state index in [4.69, 9.17) is 4.74 Å². The first kappa shape index (κ1) is 23.2. The van der Waals surface area contributed by atoms with Gasteiger partial charge in [-0.05, 0) is 56.3 Å². The summed E-state index contributed by atoms with van der Waals surface area (Å²) in [5, 5.41) is 10.5. The molecule has 0 spiro atoms. The fraction of sp³-hybridized carbons (Fsp3) is 0.500. The second-order valence-corrected chi connectivity index (χ2v) is 8.46. The van der Waals surface area contributed by atoms with Gasteiger partial charge < -0.3 is 9.84 Å². The van der Waals surface area contributed by atoms with Crippen LogP contribution in [0.4, 0.5) is 13.2 Å². The summed E-state index contributed by atoms with van der Waals surface area (Å²) < 4.78 is 46.0. The molecule has 160 valence electrons. The average Bonchev–Trinajstić information content (AvgIpc) is 2.60. The molecule has 1 N–H and O–H groups in total. The van der Waals surface area contributed by atoms with Gasteiger partial charge in [-0.3, -0.25) is 9.88 Å². The van der Waals surface area contributed by atoms with E-state index in [0.717, 1.165) is 17.7 Å². The highest BCUT2D eigenvalue weighted by molar-refractivity contribution is 5.49. The molecule has 1 aromatic carbocycles. The van der Waals surface area contributed by atoms with Gasteiger partial charge in [0.2, 0.25) is 0 Å². The Balaban J connectivity index is 2.91. The van der Waals surface area contributed by atoms with Gasteiger partial charge in [0.25, 0.3) is 0 Å². The maximum Gasteiger partial charge on any atom is 0.416 e. The molecule has 2 rings (SSSR count). The Morgan fingerprint density at radius 2 is 1.66 bits per heavy atom. The topological polar surface area (TPSA) is 45.6 Å². The number of likely N-dealkylation sites (N-methyl/N-ethyl adjacent to an activating group) is 1. The lowest BCUT2D eigenvalue weighted by Gasteiger charge is -2.40. The van der Waals surface area contributed by atoms with Gasteiger partial charge in [-0.1, -0.05) is 26.8 Å². The molecule has 1 aromatic heterocycles. The number of alkyl halides is 3. The molecule has 1 atom stereocenters. The molecule has 0 saturated carbocycles. The van der Waals surface area contributed by atoms with Gasteiger partial charge in [0, 0.05) is 11.3 Å². The minimum Gasteiger partial charge on any atom is -0.496 e. The minimum absolute atomic E-state index is 0.113. The highest BCUT2D eigenvalue weighted by Crippen LogP contribution is 2.42. The fourth-order valence-corrected chi connectivity index (χ4v) is 3.46. The lowest BCUT2D eigenvalue weighted by Crippen LogP contribution is -2.47. The summed E-state index contributed by atoms with van der Waals surface area (Å²) in [5.74, 6) is 0.470. The molecule has 0 saturated heterocycles. The molecular weight excluding hydrogens is 381 g/mol. The molecule has 29 heavy (non-hydrogen) atoms. The molecule has 0 aliphatic heterocycles. The van der Waals surface area contributed by atoms with Crippen molar-refractivity contribution < 1.29 is 23.0 Å². The van der Waals surface area contributed by atoms with Crippen LogP contribution in [0, 0.1) is 6.92 Å². The third kappa shape index (κ3) is 4.41. The number of aliphatic hydroxyl groups excluding tert-OH is 1. The fourth-order valence-electron chi connectivity index (χ4n) is 3.46. The van der Waals surface area contributed by atoms with E-state index < -0.39 is 23.9 Å². The monoisotopic (exact) mass is 410 g/mol. The van der Waals surface area contributed by atoms with Crippen LogP contribution in [0.2, 0.25) is 0 Å². The van der Waals surface area contributed by atoms with Gasteiger partial charge in [-0.2, -0.15) is 13.2 Å². The molecule has 0 radical (unpaired) electrons. The lowest BCUT2D eigenvalue weighted by atomic mass is 9.79. The molecule has 4 nitrogen and oxygen atoms in total. The van der Waals surface area contributed by atoms with Gasteiger partial charge in [0.15, 0.2) is 0 Å². The number of halogens is 3. The molecular formula is C22H29F3N2O2. The van der Waals surface area contributed by atoms with Crippen molar-refractivity contribution in [3.63, 3.8) is 0 Å². The number of nitrogens with zero attached hydrogens (tertiary/aromatic N) is 2. The van der Waals surface area contributed by atoms with E-state index in [1.807, 2.05) is 32.9 Å². The van der Waals surface area contributed by atoms with E-state index in [1.54, 1.807) is 25.1 Å². The van der Waals surface area contributed by atoms with Crippen molar-refractivity contribution >= 4 is 0 Å². The predicted molar refractivity (Wildman–Crippen MR) is 107 cm³/mol. The first-order valence-electron chi connectivity index (χ1n) is 9.31. The second-order valence-electron chi connectivity index (χ2n) is 8.46. The SMILES string of the molecule is COc1ccc(C(C)(C)C)cc1C(CO)(c1cc(C(F)(F)F)cc(C)n1)N(C)C. The van der Waals surface area contributed by atoms with Crippen molar-refractivity contribution in [2.45, 2.75) is 44.8 Å². The zero-order valence-corrected chi connectivity index (χ0v) is 18.0. The zero-order chi connectivity index (χ0) is 22.2. The number of aromatic nitrogens is 1. The number of methoxy groups -OCH3 is 1. The minimum atomic E-state index is -4.52. The smallest absolute Gasteiger partial charge is 0.416 e. The summed E-state index contributed by atoms with van der Waals surface area (Å²) in [7, 11) is 4.91. The summed E-state index contributed by atoms with van der Waals surface area (Å²) in [6.07, 6.45) is -4.52. The van der Waals surface area contributed by atoms with Crippen LogP contribution in [0.3, 0.4) is 0 Å². The maximum atomic E-state index is 13.5. The standard InChI is InChI=1S/C22H29F3N2O2/c1-14-10-16(22(23,24)25)12-19(26-14)21(13-28,27(5)6)17-11-15(20(2,3)4)8-9-18(17)29-7/h8-12,28H,13H2,1-7H3. The van der Waals surface area contributed by atoms with Crippen molar-refractivity contribution in [2.24, 2.45) is 0 Å². The molecule has 1 unspecified atom stereocenters.